The van der Waals surface area contributed by atoms with Crippen LogP contribution in [-0.2, 0) is 4.74 Å². The van der Waals surface area contributed by atoms with Gasteiger partial charge in [0.15, 0.2) is 5.96 Å². The molecular formula is C17H27ClIN3O2. The molecule has 1 heterocycles. The van der Waals surface area contributed by atoms with E-state index in [9.17, 15) is 5.11 Å². The van der Waals surface area contributed by atoms with Crippen molar-refractivity contribution in [3.05, 3.63) is 34.9 Å². The second-order valence-corrected chi connectivity index (χ2v) is 6.39. The molecule has 2 rings (SSSR count). The fourth-order valence-corrected chi connectivity index (χ4v) is 2.62. The molecule has 1 atom stereocenters. The molecule has 0 aromatic heterocycles. The molecule has 1 aromatic carbocycles. The van der Waals surface area contributed by atoms with Crippen molar-refractivity contribution in [3.8, 4) is 0 Å². The van der Waals surface area contributed by atoms with Crippen LogP contribution >= 0.6 is 35.6 Å². The smallest absolute Gasteiger partial charge is 0.191 e. The Balaban J connectivity index is 0.00000288. The predicted octanol–water partition coefficient (Wildman–Crippen LogP) is 3.12. The lowest BCUT2D eigenvalue weighted by Crippen LogP contribution is -2.43. The summed E-state index contributed by atoms with van der Waals surface area (Å²) in [6.07, 6.45) is 1.26. The van der Waals surface area contributed by atoms with Crippen molar-refractivity contribution in [3.63, 3.8) is 0 Å². The molecule has 136 valence electrons. The van der Waals surface area contributed by atoms with E-state index in [0.717, 1.165) is 17.1 Å². The molecule has 0 saturated carbocycles. The molecule has 5 nitrogen and oxygen atoms in total. The molecular weight excluding hydrogens is 441 g/mol. The molecule has 1 saturated heterocycles. The second-order valence-electron chi connectivity index (χ2n) is 5.95. The lowest BCUT2D eigenvalue weighted by molar-refractivity contribution is -0.0566. The monoisotopic (exact) mass is 467 g/mol. The number of benzene rings is 1. The van der Waals surface area contributed by atoms with Gasteiger partial charge in [0, 0.05) is 37.6 Å². The van der Waals surface area contributed by atoms with Gasteiger partial charge >= 0.3 is 0 Å². The summed E-state index contributed by atoms with van der Waals surface area (Å²) in [5.41, 5.74) is 0.370. The van der Waals surface area contributed by atoms with Gasteiger partial charge in [-0.25, -0.2) is 0 Å². The van der Waals surface area contributed by atoms with E-state index in [1.54, 1.807) is 0 Å². The molecule has 3 N–H and O–H groups in total. The average Bonchev–Trinajstić information content (AvgIpc) is 2.54. The normalized spacial score (nSPS) is 18.4. The Morgan fingerprint density at radius 1 is 1.33 bits per heavy atom. The Bertz CT molecular complexity index is 519. The minimum absolute atomic E-state index is 0. The van der Waals surface area contributed by atoms with Gasteiger partial charge in [-0.2, -0.15) is 0 Å². The maximum absolute atomic E-state index is 10.5. The van der Waals surface area contributed by atoms with Crippen molar-refractivity contribution in [2.45, 2.75) is 38.3 Å². The van der Waals surface area contributed by atoms with E-state index in [4.69, 9.17) is 16.3 Å². The van der Waals surface area contributed by atoms with Crippen molar-refractivity contribution < 1.29 is 9.84 Å². The Kier molecular flexibility index (Phi) is 9.33. The number of aliphatic hydroxyl groups is 1. The van der Waals surface area contributed by atoms with Crippen LogP contribution in [0.15, 0.2) is 29.3 Å². The van der Waals surface area contributed by atoms with Crippen LogP contribution in [0.2, 0.25) is 5.02 Å². The zero-order valence-corrected chi connectivity index (χ0v) is 17.3. The van der Waals surface area contributed by atoms with Crippen LogP contribution in [0.1, 0.15) is 38.3 Å². The third-order valence-corrected chi connectivity index (χ3v) is 4.27. The molecule has 0 bridgehead atoms. The van der Waals surface area contributed by atoms with Crippen molar-refractivity contribution in [1.82, 2.24) is 10.6 Å². The van der Waals surface area contributed by atoms with Crippen LogP contribution in [0.5, 0.6) is 0 Å². The number of halogens is 2. The van der Waals surface area contributed by atoms with Gasteiger partial charge < -0.3 is 20.5 Å². The molecule has 1 aromatic rings. The second kappa shape index (κ2) is 10.4. The first-order valence-corrected chi connectivity index (χ1v) is 8.51. The maximum atomic E-state index is 10.5. The van der Waals surface area contributed by atoms with Gasteiger partial charge in [0.2, 0.25) is 0 Å². The van der Waals surface area contributed by atoms with Crippen LogP contribution in [0.4, 0.5) is 0 Å². The first kappa shape index (κ1) is 21.5. The summed E-state index contributed by atoms with van der Waals surface area (Å²) in [5.74, 6) is 0.704. The van der Waals surface area contributed by atoms with Gasteiger partial charge in [-0.05, 0) is 31.5 Å². The number of nitrogens with zero attached hydrogens (tertiary/aromatic N) is 1. The molecule has 1 aliphatic heterocycles. The van der Waals surface area contributed by atoms with Crippen LogP contribution in [0.3, 0.4) is 0 Å². The summed E-state index contributed by atoms with van der Waals surface area (Å²) in [7, 11) is 0. The van der Waals surface area contributed by atoms with Crippen molar-refractivity contribution in [1.29, 1.82) is 0 Å². The van der Waals surface area contributed by atoms with Gasteiger partial charge in [-0.3, -0.25) is 4.99 Å². The minimum atomic E-state index is -0.760. The summed E-state index contributed by atoms with van der Waals surface area (Å²) in [5, 5.41) is 17.8. The van der Waals surface area contributed by atoms with Crippen LogP contribution in [-0.4, -0.2) is 43.0 Å². The molecule has 7 heteroatoms. The van der Waals surface area contributed by atoms with E-state index < -0.39 is 5.60 Å². The first-order chi connectivity index (χ1) is 11.0. The van der Waals surface area contributed by atoms with E-state index in [1.807, 2.05) is 31.2 Å². The highest BCUT2D eigenvalue weighted by atomic mass is 127. The summed E-state index contributed by atoms with van der Waals surface area (Å²) in [6, 6.07) is 7.84. The lowest BCUT2D eigenvalue weighted by Gasteiger charge is -2.30. The SMILES string of the molecule is CCNC(=NCC1(O)CCOCC1)NC(C)c1ccc(Cl)cc1.I. The van der Waals surface area contributed by atoms with Crippen molar-refractivity contribution in [2.75, 3.05) is 26.3 Å². The van der Waals surface area contributed by atoms with Crippen LogP contribution in [0, 0.1) is 0 Å². The number of rotatable bonds is 5. The van der Waals surface area contributed by atoms with E-state index in [0.29, 0.717) is 38.6 Å². The summed E-state index contributed by atoms with van der Waals surface area (Å²) in [4.78, 5) is 4.55. The molecule has 1 aliphatic rings. The Morgan fingerprint density at radius 2 is 1.96 bits per heavy atom. The fourth-order valence-electron chi connectivity index (χ4n) is 2.50. The van der Waals surface area contributed by atoms with Crippen molar-refractivity contribution in [2.24, 2.45) is 4.99 Å². The number of hydrogen-bond acceptors (Lipinski definition) is 3. The molecule has 1 unspecified atom stereocenters. The molecule has 0 amide bonds. The maximum Gasteiger partial charge on any atom is 0.191 e. The third kappa shape index (κ3) is 6.74. The van der Waals surface area contributed by atoms with E-state index in [1.165, 1.54) is 0 Å². The first-order valence-electron chi connectivity index (χ1n) is 8.13. The molecule has 1 fully saturated rings. The largest absolute Gasteiger partial charge is 0.388 e. The van der Waals surface area contributed by atoms with Gasteiger partial charge in [0.05, 0.1) is 18.2 Å². The predicted molar refractivity (Wildman–Crippen MR) is 109 cm³/mol. The van der Waals surface area contributed by atoms with Crippen LogP contribution in [0.25, 0.3) is 0 Å². The average molecular weight is 468 g/mol. The highest BCUT2D eigenvalue weighted by molar-refractivity contribution is 14.0. The van der Waals surface area contributed by atoms with Crippen molar-refractivity contribution >= 4 is 41.5 Å². The van der Waals surface area contributed by atoms with Gasteiger partial charge in [0.1, 0.15) is 0 Å². The minimum Gasteiger partial charge on any atom is -0.388 e. The summed E-state index contributed by atoms with van der Waals surface area (Å²) >= 11 is 5.93. The number of aliphatic imine (C=N–C) groups is 1. The van der Waals surface area contributed by atoms with E-state index >= 15 is 0 Å². The van der Waals surface area contributed by atoms with Gasteiger partial charge in [0.25, 0.3) is 0 Å². The number of hydrogen-bond donors (Lipinski definition) is 3. The highest BCUT2D eigenvalue weighted by Crippen LogP contribution is 2.21. The number of ether oxygens (including phenoxy) is 1. The van der Waals surface area contributed by atoms with Crippen LogP contribution < -0.4 is 10.6 Å². The zero-order chi connectivity index (χ0) is 16.7. The Morgan fingerprint density at radius 3 is 2.54 bits per heavy atom. The standard InChI is InChI=1S/C17H26ClN3O2.HI/c1-3-19-16(20-12-17(22)8-10-23-11-9-17)21-13(2)14-4-6-15(18)7-5-14;/h4-7,13,22H,3,8-12H2,1-2H3,(H2,19,20,21);1H. The third-order valence-electron chi connectivity index (χ3n) is 4.02. The topological polar surface area (TPSA) is 65.9 Å². The molecule has 0 radical (unpaired) electrons. The zero-order valence-electron chi connectivity index (χ0n) is 14.2. The number of nitrogens with one attached hydrogen (secondary N) is 2. The molecule has 24 heavy (non-hydrogen) atoms. The van der Waals surface area contributed by atoms with E-state index in [-0.39, 0.29) is 30.0 Å². The lowest BCUT2D eigenvalue weighted by atomic mass is 9.95. The molecule has 0 aliphatic carbocycles. The van der Waals surface area contributed by atoms with E-state index in [2.05, 4.69) is 22.5 Å². The summed E-state index contributed by atoms with van der Waals surface area (Å²) < 4.78 is 5.30. The summed E-state index contributed by atoms with van der Waals surface area (Å²) in [6.45, 7) is 6.42. The quantitative estimate of drug-likeness (QED) is 0.354. The Labute approximate surface area is 166 Å². The highest BCUT2D eigenvalue weighted by Gasteiger charge is 2.29. The molecule has 0 spiro atoms. The van der Waals surface area contributed by atoms with Gasteiger partial charge in [-0.15, -0.1) is 24.0 Å². The van der Waals surface area contributed by atoms with Gasteiger partial charge in [-0.1, -0.05) is 23.7 Å². The number of guanidine groups is 1. The fraction of sp³-hybridized carbons (Fsp3) is 0.588. The Hall–Kier alpha value is -0.570.